The number of nitrogens with one attached hydrogen (secondary N) is 1. The molecule has 2 aromatic heterocycles. The Balaban J connectivity index is 1.56. The van der Waals surface area contributed by atoms with Crippen LogP contribution in [0, 0.1) is 6.92 Å². The Morgan fingerprint density at radius 3 is 3.04 bits per heavy atom. The molecule has 3 rings (SSSR count). The predicted octanol–water partition coefficient (Wildman–Crippen LogP) is 1.83. The second kappa shape index (κ2) is 6.95. The lowest BCUT2D eigenvalue weighted by molar-refractivity contribution is 0.0757. The molecule has 1 aliphatic heterocycles. The van der Waals surface area contributed by atoms with Crippen LogP contribution in [-0.4, -0.2) is 57.0 Å². The first kappa shape index (κ1) is 15.7. The van der Waals surface area contributed by atoms with Gasteiger partial charge in [0.15, 0.2) is 5.82 Å². The standard InChI is InChI=1S/C16H23N5O2/c1-12-18-15(19-23-12)11-20(2)14-4-3-8-21(9-6-14)16(22)13-5-7-17-10-13/h5,7,10,14,17H,3-4,6,8-9,11H2,1-2H3/t14-/m0/s1. The molecule has 1 N–H and O–H groups in total. The van der Waals surface area contributed by atoms with Crippen molar-refractivity contribution in [2.24, 2.45) is 0 Å². The molecule has 0 spiro atoms. The maximum Gasteiger partial charge on any atom is 0.255 e. The summed E-state index contributed by atoms with van der Waals surface area (Å²) in [5.74, 6) is 1.43. The molecule has 0 bridgehead atoms. The van der Waals surface area contributed by atoms with E-state index in [2.05, 4.69) is 27.1 Å². The average molecular weight is 317 g/mol. The average Bonchev–Trinajstić information content (AvgIpc) is 3.13. The number of H-pyrrole nitrogens is 1. The number of likely N-dealkylation sites (tertiary alicyclic amines) is 1. The van der Waals surface area contributed by atoms with Gasteiger partial charge in [0, 0.05) is 38.4 Å². The van der Waals surface area contributed by atoms with Gasteiger partial charge in [-0.1, -0.05) is 5.16 Å². The lowest BCUT2D eigenvalue weighted by Gasteiger charge is -2.26. The van der Waals surface area contributed by atoms with Crippen LogP contribution in [-0.2, 0) is 6.54 Å². The third-order valence-corrected chi connectivity index (χ3v) is 4.41. The Morgan fingerprint density at radius 1 is 1.48 bits per heavy atom. The number of carbonyl (C=O) groups is 1. The Labute approximate surface area is 135 Å². The number of aryl methyl sites for hydroxylation is 1. The van der Waals surface area contributed by atoms with Crippen molar-refractivity contribution in [3.8, 4) is 0 Å². The van der Waals surface area contributed by atoms with Crippen LogP contribution in [0.15, 0.2) is 23.0 Å². The van der Waals surface area contributed by atoms with E-state index in [-0.39, 0.29) is 5.91 Å². The Bertz CT molecular complexity index is 637. The summed E-state index contributed by atoms with van der Waals surface area (Å²) in [4.78, 5) is 23.9. The van der Waals surface area contributed by atoms with Crippen LogP contribution in [0.25, 0.3) is 0 Å². The smallest absolute Gasteiger partial charge is 0.255 e. The van der Waals surface area contributed by atoms with Gasteiger partial charge >= 0.3 is 0 Å². The highest BCUT2D eigenvalue weighted by molar-refractivity contribution is 5.94. The molecule has 0 saturated carbocycles. The predicted molar refractivity (Wildman–Crippen MR) is 84.8 cm³/mol. The van der Waals surface area contributed by atoms with Crippen molar-refractivity contribution in [2.45, 2.75) is 38.8 Å². The molecule has 7 heteroatoms. The fraction of sp³-hybridized carbons (Fsp3) is 0.562. The molecule has 0 aromatic carbocycles. The van der Waals surface area contributed by atoms with Crippen molar-refractivity contribution in [3.05, 3.63) is 35.7 Å². The third kappa shape index (κ3) is 3.79. The number of amides is 1. The Kier molecular flexibility index (Phi) is 4.76. The first-order chi connectivity index (χ1) is 11.1. The first-order valence-electron chi connectivity index (χ1n) is 8.05. The van der Waals surface area contributed by atoms with Crippen molar-refractivity contribution in [1.82, 2.24) is 24.9 Å². The lowest BCUT2D eigenvalue weighted by Crippen LogP contribution is -2.35. The summed E-state index contributed by atoms with van der Waals surface area (Å²) in [7, 11) is 2.08. The van der Waals surface area contributed by atoms with E-state index in [4.69, 9.17) is 4.52 Å². The van der Waals surface area contributed by atoms with E-state index in [0.717, 1.165) is 43.7 Å². The van der Waals surface area contributed by atoms with Gasteiger partial charge in [-0.25, -0.2) is 0 Å². The van der Waals surface area contributed by atoms with Gasteiger partial charge in [-0.15, -0.1) is 0 Å². The largest absolute Gasteiger partial charge is 0.367 e. The highest BCUT2D eigenvalue weighted by atomic mass is 16.5. The molecule has 3 heterocycles. The highest BCUT2D eigenvalue weighted by Crippen LogP contribution is 2.18. The molecule has 1 fully saturated rings. The lowest BCUT2D eigenvalue weighted by atomic mass is 10.1. The molecule has 0 unspecified atom stereocenters. The monoisotopic (exact) mass is 317 g/mol. The molecule has 0 aliphatic carbocycles. The summed E-state index contributed by atoms with van der Waals surface area (Å²) in [5.41, 5.74) is 0.735. The highest BCUT2D eigenvalue weighted by Gasteiger charge is 2.24. The zero-order valence-corrected chi connectivity index (χ0v) is 13.7. The molecule has 1 atom stereocenters. The zero-order valence-electron chi connectivity index (χ0n) is 13.7. The number of hydrogen-bond donors (Lipinski definition) is 1. The maximum absolute atomic E-state index is 12.4. The van der Waals surface area contributed by atoms with Crippen LogP contribution in [0.1, 0.15) is 41.3 Å². The molecule has 1 saturated heterocycles. The van der Waals surface area contributed by atoms with Crippen molar-refractivity contribution >= 4 is 5.91 Å². The van der Waals surface area contributed by atoms with Gasteiger partial charge in [0.2, 0.25) is 5.89 Å². The van der Waals surface area contributed by atoms with Crippen molar-refractivity contribution < 1.29 is 9.32 Å². The number of nitrogens with zero attached hydrogens (tertiary/aromatic N) is 4. The van der Waals surface area contributed by atoms with Crippen LogP contribution >= 0.6 is 0 Å². The fourth-order valence-corrected chi connectivity index (χ4v) is 3.12. The van der Waals surface area contributed by atoms with E-state index in [9.17, 15) is 4.79 Å². The number of aromatic nitrogens is 3. The summed E-state index contributed by atoms with van der Waals surface area (Å²) in [6, 6.07) is 2.26. The van der Waals surface area contributed by atoms with E-state index < -0.39 is 0 Å². The van der Waals surface area contributed by atoms with Crippen molar-refractivity contribution in [3.63, 3.8) is 0 Å². The minimum Gasteiger partial charge on any atom is -0.367 e. The van der Waals surface area contributed by atoms with Gasteiger partial charge < -0.3 is 14.4 Å². The van der Waals surface area contributed by atoms with Crippen LogP contribution in [0.4, 0.5) is 0 Å². The Hall–Kier alpha value is -2.15. The van der Waals surface area contributed by atoms with E-state index in [1.807, 2.05) is 11.0 Å². The third-order valence-electron chi connectivity index (χ3n) is 4.41. The molecule has 0 radical (unpaired) electrons. The van der Waals surface area contributed by atoms with E-state index in [1.165, 1.54) is 0 Å². The van der Waals surface area contributed by atoms with Crippen LogP contribution in [0.5, 0.6) is 0 Å². The van der Waals surface area contributed by atoms with Gasteiger partial charge in [0.25, 0.3) is 5.91 Å². The topological polar surface area (TPSA) is 78.3 Å². The van der Waals surface area contributed by atoms with E-state index in [1.54, 1.807) is 19.3 Å². The molecular formula is C16H23N5O2. The van der Waals surface area contributed by atoms with Gasteiger partial charge in [0.1, 0.15) is 0 Å². The normalized spacial score (nSPS) is 19.1. The van der Waals surface area contributed by atoms with Crippen molar-refractivity contribution in [2.75, 3.05) is 20.1 Å². The quantitative estimate of drug-likeness (QED) is 0.931. The zero-order chi connectivity index (χ0) is 16.2. The van der Waals surface area contributed by atoms with Gasteiger partial charge in [-0.05, 0) is 32.4 Å². The molecule has 7 nitrogen and oxygen atoms in total. The second-order valence-electron chi connectivity index (χ2n) is 6.12. The summed E-state index contributed by atoms with van der Waals surface area (Å²) in [6.07, 6.45) is 6.59. The summed E-state index contributed by atoms with van der Waals surface area (Å²) in [5, 5.41) is 3.96. The van der Waals surface area contributed by atoms with Crippen LogP contribution in [0.2, 0.25) is 0 Å². The number of carbonyl (C=O) groups excluding carboxylic acids is 1. The summed E-state index contributed by atoms with van der Waals surface area (Å²) in [6.45, 7) is 4.07. The summed E-state index contributed by atoms with van der Waals surface area (Å²) < 4.78 is 5.02. The van der Waals surface area contributed by atoms with Gasteiger partial charge in [-0.3, -0.25) is 9.69 Å². The number of aromatic amines is 1. The van der Waals surface area contributed by atoms with Crippen molar-refractivity contribution in [1.29, 1.82) is 0 Å². The number of rotatable bonds is 4. The minimum atomic E-state index is 0.114. The van der Waals surface area contributed by atoms with E-state index in [0.29, 0.717) is 18.5 Å². The van der Waals surface area contributed by atoms with Gasteiger partial charge in [-0.2, -0.15) is 4.98 Å². The SMILES string of the molecule is Cc1nc(CN(C)[C@H]2CCCN(C(=O)c3cc[nH]c3)CC2)no1. The van der Waals surface area contributed by atoms with Crippen LogP contribution < -0.4 is 0 Å². The molecule has 1 amide bonds. The number of hydrogen-bond acceptors (Lipinski definition) is 5. The fourth-order valence-electron chi connectivity index (χ4n) is 3.12. The summed E-state index contributed by atoms with van der Waals surface area (Å²) >= 11 is 0. The molecule has 2 aromatic rings. The molecule has 1 aliphatic rings. The van der Waals surface area contributed by atoms with Gasteiger partial charge in [0.05, 0.1) is 12.1 Å². The first-order valence-corrected chi connectivity index (χ1v) is 8.05. The van der Waals surface area contributed by atoms with Crippen LogP contribution in [0.3, 0.4) is 0 Å². The molecule has 124 valence electrons. The molecular weight excluding hydrogens is 294 g/mol. The molecule has 23 heavy (non-hydrogen) atoms. The Morgan fingerprint density at radius 2 is 2.35 bits per heavy atom. The minimum absolute atomic E-state index is 0.114. The van der Waals surface area contributed by atoms with E-state index >= 15 is 0 Å². The maximum atomic E-state index is 12.4. The second-order valence-corrected chi connectivity index (χ2v) is 6.12.